The lowest BCUT2D eigenvalue weighted by Gasteiger charge is -2.20. The first-order chi connectivity index (χ1) is 8.69. The van der Waals surface area contributed by atoms with Crippen molar-refractivity contribution in [2.45, 2.75) is 13.1 Å². The third kappa shape index (κ3) is 3.08. The van der Waals surface area contributed by atoms with Gasteiger partial charge in [-0.3, -0.25) is 0 Å². The lowest BCUT2D eigenvalue weighted by molar-refractivity contribution is 0.627. The van der Waals surface area contributed by atoms with E-state index in [2.05, 4.69) is 11.0 Å². The van der Waals surface area contributed by atoms with Crippen molar-refractivity contribution in [2.75, 3.05) is 11.9 Å². The molecule has 0 fully saturated rings. The normalized spacial score (nSPS) is 10.4. The van der Waals surface area contributed by atoms with E-state index in [9.17, 15) is 4.39 Å². The van der Waals surface area contributed by atoms with Crippen LogP contribution in [0, 0.1) is 5.82 Å². The molecule has 0 atom stereocenters. The van der Waals surface area contributed by atoms with Crippen LogP contribution in [-0.2, 0) is 13.1 Å². The van der Waals surface area contributed by atoms with Gasteiger partial charge >= 0.3 is 0 Å². The average molecular weight is 244 g/mol. The molecule has 2 rings (SSSR count). The highest BCUT2D eigenvalue weighted by Crippen LogP contribution is 2.17. The molecule has 0 amide bonds. The van der Waals surface area contributed by atoms with Crippen LogP contribution >= 0.6 is 0 Å². The molecule has 0 radical (unpaired) electrons. The predicted molar refractivity (Wildman–Crippen MR) is 72.8 cm³/mol. The Balaban J connectivity index is 2.11. The van der Waals surface area contributed by atoms with Crippen LogP contribution in [0.1, 0.15) is 11.1 Å². The summed E-state index contributed by atoms with van der Waals surface area (Å²) in [6.07, 6.45) is 0. The Morgan fingerprint density at radius 1 is 1.06 bits per heavy atom. The van der Waals surface area contributed by atoms with Crippen LogP contribution < -0.4 is 10.6 Å². The summed E-state index contributed by atoms with van der Waals surface area (Å²) in [6.45, 7) is 1.28. The number of nitrogens with two attached hydrogens (primary N) is 1. The van der Waals surface area contributed by atoms with Gasteiger partial charge in [-0.1, -0.05) is 24.3 Å². The van der Waals surface area contributed by atoms with Gasteiger partial charge in [0, 0.05) is 25.8 Å². The Kier molecular flexibility index (Phi) is 3.95. The second-order valence-electron chi connectivity index (χ2n) is 4.36. The van der Waals surface area contributed by atoms with E-state index in [4.69, 9.17) is 5.73 Å². The van der Waals surface area contributed by atoms with E-state index >= 15 is 0 Å². The predicted octanol–water partition coefficient (Wildman–Crippen LogP) is 2.92. The fraction of sp³-hybridized carbons (Fsp3) is 0.200. The van der Waals surface area contributed by atoms with Gasteiger partial charge in [-0.05, 0) is 35.4 Å². The molecule has 0 aliphatic heterocycles. The van der Waals surface area contributed by atoms with Crippen LogP contribution in [0.5, 0.6) is 0 Å². The van der Waals surface area contributed by atoms with Gasteiger partial charge in [0.25, 0.3) is 0 Å². The number of rotatable bonds is 4. The molecule has 0 saturated heterocycles. The molecule has 0 aliphatic rings. The third-order valence-electron chi connectivity index (χ3n) is 2.92. The monoisotopic (exact) mass is 244 g/mol. The van der Waals surface area contributed by atoms with Crippen molar-refractivity contribution in [1.29, 1.82) is 0 Å². The van der Waals surface area contributed by atoms with Crippen LogP contribution in [0.25, 0.3) is 0 Å². The van der Waals surface area contributed by atoms with E-state index in [0.29, 0.717) is 6.54 Å². The van der Waals surface area contributed by atoms with Crippen molar-refractivity contribution in [1.82, 2.24) is 0 Å². The molecular formula is C15H17FN2. The molecule has 2 aromatic carbocycles. The first-order valence-electron chi connectivity index (χ1n) is 5.93. The maximum Gasteiger partial charge on any atom is 0.123 e. The zero-order valence-electron chi connectivity index (χ0n) is 10.4. The van der Waals surface area contributed by atoms with Crippen molar-refractivity contribution in [3.05, 3.63) is 65.5 Å². The van der Waals surface area contributed by atoms with E-state index in [1.165, 1.54) is 12.1 Å². The highest BCUT2D eigenvalue weighted by atomic mass is 19.1. The summed E-state index contributed by atoms with van der Waals surface area (Å²) in [5.74, 6) is -0.202. The molecule has 3 heteroatoms. The van der Waals surface area contributed by atoms with E-state index < -0.39 is 0 Å². The maximum absolute atomic E-state index is 12.8. The van der Waals surface area contributed by atoms with Crippen LogP contribution in [0.15, 0.2) is 48.5 Å². The summed E-state index contributed by atoms with van der Waals surface area (Å²) in [5, 5.41) is 0. The standard InChI is InChI=1S/C15H17FN2/c1-18(11-12-5-7-14(16)8-6-12)15-4-2-3-13(9-15)10-17/h2-9H,10-11,17H2,1H3. The molecular weight excluding hydrogens is 227 g/mol. The SMILES string of the molecule is CN(Cc1ccc(F)cc1)c1cccc(CN)c1. The summed E-state index contributed by atoms with van der Waals surface area (Å²) in [4.78, 5) is 2.12. The first kappa shape index (κ1) is 12.6. The molecule has 0 unspecified atom stereocenters. The molecule has 0 bridgehead atoms. The quantitative estimate of drug-likeness (QED) is 0.896. The van der Waals surface area contributed by atoms with Crippen molar-refractivity contribution >= 4 is 5.69 Å². The van der Waals surface area contributed by atoms with E-state index in [1.54, 1.807) is 12.1 Å². The van der Waals surface area contributed by atoms with Gasteiger partial charge < -0.3 is 10.6 Å². The first-order valence-corrected chi connectivity index (χ1v) is 5.93. The topological polar surface area (TPSA) is 29.3 Å². The van der Waals surface area contributed by atoms with Crippen molar-refractivity contribution in [2.24, 2.45) is 5.73 Å². The van der Waals surface area contributed by atoms with E-state index in [0.717, 1.165) is 23.4 Å². The Morgan fingerprint density at radius 2 is 1.78 bits per heavy atom. The van der Waals surface area contributed by atoms with Crippen molar-refractivity contribution < 1.29 is 4.39 Å². The fourth-order valence-corrected chi connectivity index (χ4v) is 1.88. The number of hydrogen-bond donors (Lipinski definition) is 1. The third-order valence-corrected chi connectivity index (χ3v) is 2.92. The summed E-state index contributed by atoms with van der Waals surface area (Å²) < 4.78 is 12.8. The Morgan fingerprint density at radius 3 is 2.44 bits per heavy atom. The Labute approximate surface area is 107 Å². The summed E-state index contributed by atoms with van der Waals surface area (Å²) in [7, 11) is 2.01. The van der Waals surface area contributed by atoms with Gasteiger partial charge in [-0.25, -0.2) is 4.39 Å². The lowest BCUT2D eigenvalue weighted by atomic mass is 10.1. The van der Waals surface area contributed by atoms with Gasteiger partial charge in [-0.2, -0.15) is 0 Å². The number of benzene rings is 2. The van der Waals surface area contributed by atoms with Gasteiger partial charge in [0.15, 0.2) is 0 Å². The van der Waals surface area contributed by atoms with Crippen LogP contribution in [0.3, 0.4) is 0 Å². The second-order valence-corrected chi connectivity index (χ2v) is 4.36. The summed E-state index contributed by atoms with van der Waals surface area (Å²) >= 11 is 0. The number of anilines is 1. The molecule has 0 spiro atoms. The van der Waals surface area contributed by atoms with Gasteiger partial charge in [0.2, 0.25) is 0 Å². The van der Waals surface area contributed by atoms with Crippen LogP contribution in [0.4, 0.5) is 10.1 Å². The molecule has 18 heavy (non-hydrogen) atoms. The highest BCUT2D eigenvalue weighted by Gasteiger charge is 2.03. The molecule has 2 N–H and O–H groups in total. The number of hydrogen-bond acceptors (Lipinski definition) is 2. The minimum Gasteiger partial charge on any atom is -0.370 e. The van der Waals surface area contributed by atoms with E-state index in [1.807, 2.05) is 25.2 Å². The minimum absolute atomic E-state index is 0.202. The van der Waals surface area contributed by atoms with Crippen LogP contribution in [0.2, 0.25) is 0 Å². The zero-order chi connectivity index (χ0) is 13.0. The lowest BCUT2D eigenvalue weighted by Crippen LogP contribution is -2.16. The van der Waals surface area contributed by atoms with Crippen molar-refractivity contribution in [3.63, 3.8) is 0 Å². The maximum atomic E-state index is 12.8. The van der Waals surface area contributed by atoms with E-state index in [-0.39, 0.29) is 5.82 Å². The second kappa shape index (κ2) is 5.65. The fourth-order valence-electron chi connectivity index (χ4n) is 1.88. The molecule has 2 nitrogen and oxygen atoms in total. The summed E-state index contributed by atoms with van der Waals surface area (Å²) in [6, 6.07) is 14.7. The minimum atomic E-state index is -0.202. The summed E-state index contributed by atoms with van der Waals surface area (Å²) in [5.41, 5.74) is 8.93. The van der Waals surface area contributed by atoms with Gasteiger partial charge in [0.1, 0.15) is 5.82 Å². The van der Waals surface area contributed by atoms with Gasteiger partial charge in [0.05, 0.1) is 0 Å². The largest absolute Gasteiger partial charge is 0.370 e. The molecule has 0 heterocycles. The number of halogens is 1. The molecule has 0 aromatic heterocycles. The smallest absolute Gasteiger partial charge is 0.123 e. The molecule has 0 saturated carbocycles. The Hall–Kier alpha value is -1.87. The van der Waals surface area contributed by atoms with Crippen LogP contribution in [-0.4, -0.2) is 7.05 Å². The molecule has 2 aromatic rings. The van der Waals surface area contributed by atoms with Crippen molar-refractivity contribution in [3.8, 4) is 0 Å². The zero-order valence-corrected chi connectivity index (χ0v) is 10.4. The molecule has 0 aliphatic carbocycles. The highest BCUT2D eigenvalue weighted by molar-refractivity contribution is 5.48. The average Bonchev–Trinajstić information content (AvgIpc) is 2.41. The van der Waals surface area contributed by atoms with Gasteiger partial charge in [-0.15, -0.1) is 0 Å². The number of nitrogens with zero attached hydrogens (tertiary/aromatic N) is 1. The Bertz CT molecular complexity index is 508. The molecule has 94 valence electrons.